The van der Waals surface area contributed by atoms with Crippen LogP contribution in [0.2, 0.25) is 0 Å². The van der Waals surface area contributed by atoms with Crippen molar-refractivity contribution in [1.82, 2.24) is 4.90 Å². The predicted octanol–water partition coefficient (Wildman–Crippen LogP) is 1.47. The molecule has 1 rings (SSSR count). The minimum Gasteiger partial charge on any atom is -0.496 e. The van der Waals surface area contributed by atoms with Crippen LogP contribution in [0.5, 0.6) is 5.75 Å². The number of nitrogens with zero attached hydrogens (tertiary/aromatic N) is 1. The highest BCUT2D eigenvalue weighted by molar-refractivity contribution is 5.52. The Labute approximate surface area is 88.5 Å². The van der Waals surface area contributed by atoms with Crippen molar-refractivity contribution in [3.8, 4) is 5.75 Å². The number of aldehydes is 1. The fourth-order valence-corrected chi connectivity index (χ4v) is 1.35. The van der Waals surface area contributed by atoms with Gasteiger partial charge in [0.25, 0.3) is 0 Å². The van der Waals surface area contributed by atoms with E-state index in [9.17, 15) is 9.18 Å². The summed E-state index contributed by atoms with van der Waals surface area (Å²) in [7, 11) is 3.33. The van der Waals surface area contributed by atoms with Gasteiger partial charge in [-0.15, -0.1) is 0 Å². The lowest BCUT2D eigenvalue weighted by molar-refractivity contribution is -0.108. The van der Waals surface area contributed by atoms with Gasteiger partial charge in [-0.05, 0) is 25.2 Å². The minimum atomic E-state index is -0.301. The van der Waals surface area contributed by atoms with E-state index in [-0.39, 0.29) is 5.82 Å². The molecule has 0 aliphatic carbocycles. The van der Waals surface area contributed by atoms with Crippen LogP contribution in [0.3, 0.4) is 0 Å². The topological polar surface area (TPSA) is 29.5 Å². The molecule has 0 saturated carbocycles. The van der Waals surface area contributed by atoms with E-state index < -0.39 is 0 Å². The van der Waals surface area contributed by atoms with Crippen molar-refractivity contribution in [1.29, 1.82) is 0 Å². The highest BCUT2D eigenvalue weighted by Gasteiger charge is 2.07. The third-order valence-corrected chi connectivity index (χ3v) is 2.07. The Kier molecular flexibility index (Phi) is 4.24. The van der Waals surface area contributed by atoms with Gasteiger partial charge < -0.3 is 9.53 Å². The van der Waals surface area contributed by atoms with Crippen LogP contribution in [-0.4, -0.2) is 31.9 Å². The molecule has 0 aliphatic rings. The van der Waals surface area contributed by atoms with Crippen molar-refractivity contribution in [3.63, 3.8) is 0 Å². The molecule has 1 aromatic rings. The first-order valence-corrected chi connectivity index (χ1v) is 4.62. The fourth-order valence-electron chi connectivity index (χ4n) is 1.35. The maximum atomic E-state index is 13.0. The Balaban J connectivity index is 2.81. The maximum absolute atomic E-state index is 13.0. The Morgan fingerprint density at radius 3 is 2.87 bits per heavy atom. The molecule has 0 radical (unpaired) electrons. The second-order valence-corrected chi connectivity index (χ2v) is 3.32. The quantitative estimate of drug-likeness (QED) is 0.691. The molecule has 0 saturated heterocycles. The summed E-state index contributed by atoms with van der Waals surface area (Å²) in [5.74, 6) is 0.333. The lowest BCUT2D eigenvalue weighted by Crippen LogP contribution is -2.20. The van der Waals surface area contributed by atoms with Crippen molar-refractivity contribution >= 4 is 6.29 Å². The summed E-state index contributed by atoms with van der Waals surface area (Å²) in [6.45, 7) is 0.805. The second-order valence-electron chi connectivity index (χ2n) is 3.32. The number of benzene rings is 1. The van der Waals surface area contributed by atoms with Gasteiger partial charge in [-0.3, -0.25) is 4.90 Å². The normalized spacial score (nSPS) is 10.4. The fraction of sp³-hybridized carbons (Fsp3) is 0.364. The number of rotatable bonds is 5. The van der Waals surface area contributed by atoms with Gasteiger partial charge in [0.05, 0.1) is 13.7 Å². The van der Waals surface area contributed by atoms with E-state index in [4.69, 9.17) is 4.74 Å². The first-order chi connectivity index (χ1) is 7.17. The molecule has 0 heterocycles. The molecule has 0 aromatic heterocycles. The molecule has 0 atom stereocenters. The van der Waals surface area contributed by atoms with Crippen molar-refractivity contribution < 1.29 is 13.9 Å². The highest BCUT2D eigenvalue weighted by Crippen LogP contribution is 2.20. The molecule has 0 bridgehead atoms. The Morgan fingerprint density at radius 1 is 1.53 bits per heavy atom. The minimum absolute atomic E-state index is 0.301. The molecular weight excluding hydrogens is 197 g/mol. The van der Waals surface area contributed by atoms with E-state index in [2.05, 4.69) is 0 Å². The van der Waals surface area contributed by atoms with Crippen LogP contribution in [0.25, 0.3) is 0 Å². The van der Waals surface area contributed by atoms with Crippen molar-refractivity contribution in [3.05, 3.63) is 29.6 Å². The number of methoxy groups -OCH3 is 1. The van der Waals surface area contributed by atoms with E-state index in [0.29, 0.717) is 18.8 Å². The summed E-state index contributed by atoms with van der Waals surface area (Å²) in [4.78, 5) is 12.1. The zero-order chi connectivity index (χ0) is 11.3. The molecule has 15 heavy (non-hydrogen) atoms. The standard InChI is InChI=1S/C11H14FNO2/c1-13(5-6-14)8-9-7-10(12)3-4-11(9)15-2/h3-4,6-7H,5,8H2,1-2H3. The molecule has 0 amide bonds. The molecule has 0 aliphatic heterocycles. The number of carbonyl (C=O) groups excluding carboxylic acids is 1. The van der Waals surface area contributed by atoms with Gasteiger partial charge in [-0.25, -0.2) is 4.39 Å². The van der Waals surface area contributed by atoms with Crippen molar-refractivity contribution in [2.75, 3.05) is 20.7 Å². The summed E-state index contributed by atoms with van der Waals surface area (Å²) in [5, 5.41) is 0. The van der Waals surface area contributed by atoms with Gasteiger partial charge in [0.15, 0.2) is 0 Å². The summed E-state index contributed by atoms with van der Waals surface area (Å²) >= 11 is 0. The van der Waals surface area contributed by atoms with Crippen LogP contribution in [0.4, 0.5) is 4.39 Å². The smallest absolute Gasteiger partial charge is 0.133 e. The molecule has 1 aromatic carbocycles. The summed E-state index contributed by atoms with van der Waals surface area (Å²) in [6, 6.07) is 4.35. The SMILES string of the molecule is COc1ccc(F)cc1CN(C)CC=O. The van der Waals surface area contributed by atoms with Crippen molar-refractivity contribution in [2.45, 2.75) is 6.54 Å². The average Bonchev–Trinajstić information content (AvgIpc) is 2.18. The van der Waals surface area contributed by atoms with E-state index in [1.807, 2.05) is 0 Å². The monoisotopic (exact) mass is 211 g/mol. The second kappa shape index (κ2) is 5.46. The zero-order valence-corrected chi connectivity index (χ0v) is 8.87. The zero-order valence-electron chi connectivity index (χ0n) is 8.87. The van der Waals surface area contributed by atoms with Crippen molar-refractivity contribution in [2.24, 2.45) is 0 Å². The van der Waals surface area contributed by atoms with Gasteiger partial charge in [0.1, 0.15) is 17.9 Å². The molecule has 0 spiro atoms. The van der Waals surface area contributed by atoms with Gasteiger partial charge in [0, 0.05) is 12.1 Å². The Hall–Kier alpha value is -1.42. The molecule has 0 N–H and O–H groups in total. The summed E-state index contributed by atoms with van der Waals surface area (Å²) in [5.41, 5.74) is 0.738. The number of carbonyl (C=O) groups is 1. The molecule has 82 valence electrons. The van der Waals surface area contributed by atoms with Gasteiger partial charge in [0.2, 0.25) is 0 Å². The van der Waals surface area contributed by atoms with Crippen LogP contribution in [0.15, 0.2) is 18.2 Å². The predicted molar refractivity (Wildman–Crippen MR) is 55.4 cm³/mol. The average molecular weight is 211 g/mol. The molecular formula is C11H14FNO2. The molecule has 3 nitrogen and oxygen atoms in total. The first-order valence-electron chi connectivity index (χ1n) is 4.62. The van der Waals surface area contributed by atoms with Crippen LogP contribution in [-0.2, 0) is 11.3 Å². The summed E-state index contributed by atoms with van der Waals surface area (Å²) < 4.78 is 18.1. The summed E-state index contributed by atoms with van der Waals surface area (Å²) in [6.07, 6.45) is 0.811. The van der Waals surface area contributed by atoms with Crippen LogP contribution in [0.1, 0.15) is 5.56 Å². The number of ether oxygens (including phenoxy) is 1. The van der Waals surface area contributed by atoms with E-state index in [1.165, 1.54) is 19.2 Å². The number of hydrogen-bond donors (Lipinski definition) is 0. The van der Waals surface area contributed by atoms with Gasteiger partial charge in [-0.2, -0.15) is 0 Å². The van der Waals surface area contributed by atoms with Gasteiger partial charge >= 0.3 is 0 Å². The Morgan fingerprint density at radius 2 is 2.27 bits per heavy atom. The molecule has 4 heteroatoms. The number of likely N-dealkylation sites (N-methyl/N-ethyl adjacent to an activating group) is 1. The van der Waals surface area contributed by atoms with E-state index >= 15 is 0 Å². The molecule has 0 unspecified atom stereocenters. The van der Waals surface area contributed by atoms with Crippen LogP contribution < -0.4 is 4.74 Å². The lowest BCUT2D eigenvalue weighted by Gasteiger charge is -2.15. The Bertz CT molecular complexity index is 341. The van der Waals surface area contributed by atoms with E-state index in [1.54, 1.807) is 18.0 Å². The molecule has 0 fully saturated rings. The maximum Gasteiger partial charge on any atom is 0.133 e. The van der Waals surface area contributed by atoms with E-state index in [0.717, 1.165) is 11.8 Å². The third-order valence-electron chi connectivity index (χ3n) is 2.07. The number of hydrogen-bond acceptors (Lipinski definition) is 3. The highest BCUT2D eigenvalue weighted by atomic mass is 19.1. The van der Waals surface area contributed by atoms with Gasteiger partial charge in [-0.1, -0.05) is 0 Å². The largest absolute Gasteiger partial charge is 0.496 e. The van der Waals surface area contributed by atoms with Crippen LogP contribution in [0, 0.1) is 5.82 Å². The number of halogens is 1. The lowest BCUT2D eigenvalue weighted by atomic mass is 10.2. The first kappa shape index (κ1) is 11.7. The van der Waals surface area contributed by atoms with Crippen LogP contribution >= 0.6 is 0 Å². The third kappa shape index (κ3) is 3.32.